The average molecular weight is 790 g/mol. The van der Waals surface area contributed by atoms with E-state index in [1.54, 1.807) is 0 Å². The van der Waals surface area contributed by atoms with Crippen molar-refractivity contribution in [3.05, 3.63) is 212 Å². The number of hydrogen-bond donors (Lipinski definition) is 0. The summed E-state index contributed by atoms with van der Waals surface area (Å²) in [5.74, 6) is 0. The Labute approximate surface area is 355 Å². The van der Waals surface area contributed by atoms with Gasteiger partial charge in [-0.1, -0.05) is 146 Å². The molecule has 288 valence electrons. The van der Waals surface area contributed by atoms with Crippen LogP contribution in [-0.2, 0) is 0 Å². The molecule has 4 heteroatoms. The number of fused-ring (bicyclic) bond motifs is 13. The summed E-state index contributed by atoms with van der Waals surface area (Å²) in [6, 6.07) is 77.3. The second kappa shape index (κ2) is 12.6. The Hall–Kier alpha value is -8.34. The van der Waals surface area contributed by atoms with Crippen molar-refractivity contribution < 1.29 is 4.42 Å². The third kappa shape index (κ3) is 4.61. The van der Waals surface area contributed by atoms with Crippen molar-refractivity contribution in [1.82, 2.24) is 8.80 Å². The van der Waals surface area contributed by atoms with Crippen molar-refractivity contribution in [2.24, 2.45) is 0 Å². The summed E-state index contributed by atoms with van der Waals surface area (Å²) < 4.78 is 11.3. The van der Waals surface area contributed by atoms with Gasteiger partial charge in [-0.2, -0.15) is 0 Å². The molecule has 0 aliphatic carbocycles. The second-order valence-corrected chi connectivity index (χ2v) is 16.5. The molecule has 4 aromatic heterocycles. The molecule has 0 amide bonds. The topological polar surface area (TPSA) is 25.2 Å². The summed E-state index contributed by atoms with van der Waals surface area (Å²) in [7, 11) is 0. The van der Waals surface area contributed by atoms with Crippen LogP contribution in [-0.4, -0.2) is 8.80 Å². The van der Waals surface area contributed by atoms with E-state index in [2.05, 4.69) is 214 Å². The fraction of sp³-hybridized carbons (Fsp3) is 0. The Morgan fingerprint density at radius 2 is 0.871 bits per heavy atom. The van der Waals surface area contributed by atoms with Gasteiger partial charge in [0.25, 0.3) is 0 Å². The number of furan rings is 1. The summed E-state index contributed by atoms with van der Waals surface area (Å²) >= 11 is 0. The number of rotatable bonds is 5. The Morgan fingerprint density at radius 1 is 0.323 bits per heavy atom. The molecule has 14 aromatic rings. The molecule has 0 unspecified atom stereocenters. The highest BCUT2D eigenvalue weighted by Gasteiger charge is 2.23. The first-order chi connectivity index (χ1) is 30.8. The smallest absolute Gasteiger partial charge is 0.135 e. The van der Waals surface area contributed by atoms with E-state index in [-0.39, 0.29) is 0 Å². The van der Waals surface area contributed by atoms with Gasteiger partial charge in [-0.3, -0.25) is 0 Å². The van der Waals surface area contributed by atoms with Gasteiger partial charge in [-0.15, -0.1) is 0 Å². The fourth-order valence-electron chi connectivity index (χ4n) is 10.6. The predicted molar refractivity (Wildman–Crippen MR) is 260 cm³/mol. The van der Waals surface area contributed by atoms with Crippen LogP contribution in [0.2, 0.25) is 0 Å². The lowest BCUT2D eigenvalue weighted by Crippen LogP contribution is -2.10. The van der Waals surface area contributed by atoms with Crippen LogP contribution in [0.15, 0.2) is 217 Å². The first-order valence-corrected chi connectivity index (χ1v) is 21.3. The molecule has 0 aliphatic heterocycles. The SMILES string of the molecule is c1ccc(-c2cccc3cccc(-c4ccc(N(c5ccc6oc7ccccc7c6c5)c5ccc6c(c5)n5c7ccccc7c7ccc8c9ccccc9n6c8c75)cc4)c23)cc1. The van der Waals surface area contributed by atoms with Crippen molar-refractivity contribution >= 4 is 104 Å². The van der Waals surface area contributed by atoms with E-state index in [0.717, 1.165) is 50.0 Å². The zero-order valence-electron chi connectivity index (χ0n) is 33.5. The van der Waals surface area contributed by atoms with E-state index in [0.29, 0.717) is 0 Å². The molecular formula is C58H35N3O. The van der Waals surface area contributed by atoms with E-state index >= 15 is 0 Å². The van der Waals surface area contributed by atoms with Crippen molar-refractivity contribution in [2.75, 3.05) is 4.90 Å². The standard InChI is InChI=1S/C58H35N3O/c1-2-12-36(13-3-1)42-19-10-14-38-15-11-20-43(56(38)42)37-24-26-39(27-25-37)59(40-29-33-55-49(34-40)46-18-6-9-23-54(46)62-55)41-28-32-52-53(35-41)61-51-22-8-5-17-45(51)48-31-30-47-44-16-4-7-21-50(44)60(52)57(47)58(48)61/h1-35H. The molecular weight excluding hydrogens is 755 g/mol. The Morgan fingerprint density at radius 3 is 1.58 bits per heavy atom. The third-order valence-corrected chi connectivity index (χ3v) is 13.2. The first kappa shape index (κ1) is 33.5. The molecule has 0 saturated heterocycles. The summed E-state index contributed by atoms with van der Waals surface area (Å²) in [6.45, 7) is 0. The third-order valence-electron chi connectivity index (χ3n) is 13.2. The van der Waals surface area contributed by atoms with Crippen LogP contribution in [0.3, 0.4) is 0 Å². The molecule has 14 rings (SSSR count). The van der Waals surface area contributed by atoms with Crippen LogP contribution in [0.4, 0.5) is 17.1 Å². The number of aromatic nitrogens is 2. The van der Waals surface area contributed by atoms with E-state index in [1.807, 2.05) is 12.1 Å². The normalized spacial score (nSPS) is 12.2. The van der Waals surface area contributed by atoms with E-state index < -0.39 is 0 Å². The Balaban J connectivity index is 1.03. The van der Waals surface area contributed by atoms with Gasteiger partial charge in [-0.25, -0.2) is 0 Å². The molecule has 0 N–H and O–H groups in total. The van der Waals surface area contributed by atoms with Gasteiger partial charge in [0.15, 0.2) is 0 Å². The molecule has 4 heterocycles. The van der Waals surface area contributed by atoms with Crippen molar-refractivity contribution in [2.45, 2.75) is 0 Å². The average Bonchev–Trinajstić information content (AvgIpc) is 4.00. The van der Waals surface area contributed by atoms with E-state index in [9.17, 15) is 0 Å². The highest BCUT2D eigenvalue weighted by Crippen LogP contribution is 2.45. The molecule has 0 bridgehead atoms. The summed E-state index contributed by atoms with van der Waals surface area (Å²) in [5.41, 5.74) is 17.0. The van der Waals surface area contributed by atoms with Gasteiger partial charge in [0, 0.05) is 49.4 Å². The quantitative estimate of drug-likeness (QED) is 0.162. The van der Waals surface area contributed by atoms with Crippen LogP contribution in [0.5, 0.6) is 0 Å². The molecule has 0 saturated carbocycles. The molecule has 10 aromatic carbocycles. The monoisotopic (exact) mass is 789 g/mol. The fourth-order valence-corrected chi connectivity index (χ4v) is 10.6. The van der Waals surface area contributed by atoms with Gasteiger partial charge < -0.3 is 18.1 Å². The molecule has 0 atom stereocenters. The highest BCUT2D eigenvalue weighted by molar-refractivity contribution is 6.25. The highest BCUT2D eigenvalue weighted by atomic mass is 16.3. The summed E-state index contributed by atoms with van der Waals surface area (Å²) in [6.07, 6.45) is 0. The minimum atomic E-state index is 0.877. The largest absolute Gasteiger partial charge is 0.456 e. The number of nitrogens with zero attached hydrogens (tertiary/aromatic N) is 3. The lowest BCUT2D eigenvalue weighted by molar-refractivity contribution is 0.669. The second-order valence-electron chi connectivity index (χ2n) is 16.5. The van der Waals surface area contributed by atoms with Crippen LogP contribution in [0.1, 0.15) is 0 Å². The number of benzene rings is 10. The zero-order chi connectivity index (χ0) is 40.5. The maximum Gasteiger partial charge on any atom is 0.135 e. The van der Waals surface area contributed by atoms with E-state index in [1.165, 1.54) is 76.6 Å². The van der Waals surface area contributed by atoms with Crippen molar-refractivity contribution in [3.8, 4) is 22.3 Å². The van der Waals surface area contributed by atoms with Crippen molar-refractivity contribution in [3.63, 3.8) is 0 Å². The maximum atomic E-state index is 6.34. The molecule has 0 aliphatic rings. The van der Waals surface area contributed by atoms with Gasteiger partial charge >= 0.3 is 0 Å². The molecule has 4 nitrogen and oxygen atoms in total. The summed E-state index contributed by atoms with van der Waals surface area (Å²) in [5, 5.41) is 9.75. The van der Waals surface area contributed by atoms with E-state index in [4.69, 9.17) is 4.42 Å². The first-order valence-electron chi connectivity index (χ1n) is 21.3. The zero-order valence-corrected chi connectivity index (χ0v) is 33.5. The number of para-hydroxylation sites is 3. The van der Waals surface area contributed by atoms with Crippen molar-refractivity contribution in [1.29, 1.82) is 0 Å². The van der Waals surface area contributed by atoms with Crippen LogP contribution in [0, 0.1) is 0 Å². The lowest BCUT2D eigenvalue weighted by atomic mass is 9.91. The molecule has 0 spiro atoms. The van der Waals surface area contributed by atoms with Crippen LogP contribution in [0.25, 0.3) is 110 Å². The van der Waals surface area contributed by atoms with Gasteiger partial charge in [0.05, 0.1) is 33.1 Å². The van der Waals surface area contributed by atoms with Crippen LogP contribution < -0.4 is 4.90 Å². The number of hydrogen-bond acceptors (Lipinski definition) is 2. The summed E-state index contributed by atoms with van der Waals surface area (Å²) in [4.78, 5) is 2.40. The van der Waals surface area contributed by atoms with Gasteiger partial charge in [0.1, 0.15) is 11.2 Å². The maximum absolute atomic E-state index is 6.34. The molecule has 0 fully saturated rings. The predicted octanol–water partition coefficient (Wildman–Crippen LogP) is 16.1. The minimum Gasteiger partial charge on any atom is -0.456 e. The molecule has 62 heavy (non-hydrogen) atoms. The lowest BCUT2D eigenvalue weighted by Gasteiger charge is -2.26. The van der Waals surface area contributed by atoms with Crippen LogP contribution >= 0.6 is 0 Å². The van der Waals surface area contributed by atoms with Gasteiger partial charge in [0.2, 0.25) is 0 Å². The molecule has 0 radical (unpaired) electrons. The Bertz CT molecular complexity index is 4090. The van der Waals surface area contributed by atoms with Gasteiger partial charge in [-0.05, 0) is 99.8 Å². The number of anilines is 3. The Kier molecular flexibility index (Phi) is 6.80. The minimum absolute atomic E-state index is 0.877.